The summed E-state index contributed by atoms with van der Waals surface area (Å²) < 4.78 is 10.9. The zero-order valence-electron chi connectivity index (χ0n) is 10.8. The molecule has 6 nitrogen and oxygen atoms in total. The lowest BCUT2D eigenvalue weighted by molar-refractivity contribution is 0.249. The van der Waals surface area contributed by atoms with Gasteiger partial charge in [-0.1, -0.05) is 11.6 Å². The number of halogens is 1. The summed E-state index contributed by atoms with van der Waals surface area (Å²) in [7, 11) is 0. The zero-order chi connectivity index (χ0) is 14.3. The van der Waals surface area contributed by atoms with Gasteiger partial charge in [0.25, 0.3) is 0 Å². The Hall–Kier alpha value is -1.95. The molecule has 1 aromatic rings. The molecule has 0 saturated carbocycles. The molecule has 1 aromatic carbocycles. The summed E-state index contributed by atoms with van der Waals surface area (Å²) in [4.78, 5) is 10.5. The summed E-state index contributed by atoms with van der Waals surface area (Å²) in [6.45, 7) is 4.68. The van der Waals surface area contributed by atoms with E-state index < -0.39 is 6.03 Å². The Morgan fingerprint density at radius 3 is 2.68 bits per heavy atom. The summed E-state index contributed by atoms with van der Waals surface area (Å²) >= 11 is 6.11. The summed E-state index contributed by atoms with van der Waals surface area (Å²) in [5.41, 5.74) is 7.65. The maximum absolute atomic E-state index is 10.5. The molecule has 0 unspecified atom stereocenters. The summed E-state index contributed by atoms with van der Waals surface area (Å²) in [5.74, 6) is 1.02. The Kier molecular flexibility index (Phi) is 5.95. The quantitative estimate of drug-likeness (QED) is 0.620. The molecule has 104 valence electrons. The lowest BCUT2D eigenvalue weighted by Crippen LogP contribution is -2.24. The fourth-order valence-corrected chi connectivity index (χ4v) is 1.65. The molecule has 0 aliphatic rings. The smallest absolute Gasteiger partial charge is 0.332 e. The largest absolute Gasteiger partial charge is 0.490 e. The van der Waals surface area contributed by atoms with Gasteiger partial charge in [0, 0.05) is 0 Å². The van der Waals surface area contributed by atoms with Crippen molar-refractivity contribution in [2.24, 2.45) is 10.8 Å². The highest BCUT2D eigenvalue weighted by Crippen LogP contribution is 2.36. The zero-order valence-corrected chi connectivity index (χ0v) is 11.5. The van der Waals surface area contributed by atoms with Gasteiger partial charge < -0.3 is 15.2 Å². The molecule has 0 bridgehead atoms. The molecule has 0 aliphatic carbocycles. The number of amides is 2. The molecule has 19 heavy (non-hydrogen) atoms. The third-order valence-electron chi connectivity index (χ3n) is 2.01. The number of carbonyl (C=O) groups excluding carboxylic acids is 1. The Morgan fingerprint density at radius 2 is 2.11 bits per heavy atom. The van der Waals surface area contributed by atoms with Gasteiger partial charge in [-0.25, -0.2) is 10.2 Å². The number of urea groups is 1. The number of ether oxygens (including phenoxy) is 2. The Morgan fingerprint density at radius 1 is 1.42 bits per heavy atom. The monoisotopic (exact) mass is 285 g/mol. The normalized spacial score (nSPS) is 10.5. The topological polar surface area (TPSA) is 85.9 Å². The van der Waals surface area contributed by atoms with Gasteiger partial charge in [-0.3, -0.25) is 0 Å². The molecular formula is C12H16ClN3O3. The van der Waals surface area contributed by atoms with Crippen LogP contribution in [0.4, 0.5) is 4.79 Å². The van der Waals surface area contributed by atoms with Crippen molar-refractivity contribution in [3.63, 3.8) is 0 Å². The van der Waals surface area contributed by atoms with Crippen molar-refractivity contribution in [3.05, 3.63) is 22.7 Å². The minimum atomic E-state index is -0.738. The van der Waals surface area contributed by atoms with E-state index in [1.54, 1.807) is 12.1 Å². The Bertz CT molecular complexity index is 478. The standard InChI is InChI=1S/C12H16ClN3O3/c1-3-18-10-6-8(7-15-16-12(14)17)5-9(13)11(10)19-4-2/h5-7H,3-4H2,1-2H3,(H3,14,16,17). The summed E-state index contributed by atoms with van der Waals surface area (Å²) in [6.07, 6.45) is 1.41. The van der Waals surface area contributed by atoms with E-state index in [9.17, 15) is 4.79 Å². The maximum atomic E-state index is 10.5. The third-order valence-corrected chi connectivity index (χ3v) is 2.29. The molecule has 0 atom stereocenters. The van der Waals surface area contributed by atoms with Crippen LogP contribution in [0.5, 0.6) is 11.5 Å². The number of benzene rings is 1. The van der Waals surface area contributed by atoms with Crippen LogP contribution in [0.2, 0.25) is 5.02 Å². The van der Waals surface area contributed by atoms with Crippen molar-refractivity contribution in [3.8, 4) is 11.5 Å². The van der Waals surface area contributed by atoms with Crippen molar-refractivity contribution in [1.29, 1.82) is 0 Å². The first-order valence-electron chi connectivity index (χ1n) is 5.76. The van der Waals surface area contributed by atoms with Crippen molar-refractivity contribution in [2.75, 3.05) is 13.2 Å². The minimum absolute atomic E-state index is 0.410. The summed E-state index contributed by atoms with van der Waals surface area (Å²) in [6, 6.07) is 2.63. The predicted molar refractivity (Wildman–Crippen MR) is 74.1 cm³/mol. The van der Waals surface area contributed by atoms with E-state index in [1.807, 2.05) is 13.8 Å². The molecular weight excluding hydrogens is 270 g/mol. The number of hydrogen-bond donors (Lipinski definition) is 2. The van der Waals surface area contributed by atoms with Gasteiger partial charge in [0.15, 0.2) is 11.5 Å². The van der Waals surface area contributed by atoms with Gasteiger partial charge in [-0.05, 0) is 31.5 Å². The first kappa shape index (κ1) is 15.1. The number of hydrazone groups is 1. The van der Waals surface area contributed by atoms with Crippen LogP contribution in [0.15, 0.2) is 17.2 Å². The third kappa shape index (κ3) is 4.67. The van der Waals surface area contributed by atoms with E-state index in [0.29, 0.717) is 35.3 Å². The maximum Gasteiger partial charge on any atom is 0.332 e. The molecule has 0 spiro atoms. The average Bonchev–Trinajstić information content (AvgIpc) is 2.33. The number of nitrogens with one attached hydrogen (secondary N) is 1. The van der Waals surface area contributed by atoms with Gasteiger partial charge in [-0.15, -0.1) is 0 Å². The first-order valence-corrected chi connectivity index (χ1v) is 6.13. The number of rotatable bonds is 6. The van der Waals surface area contributed by atoms with Crippen LogP contribution in [-0.2, 0) is 0 Å². The van der Waals surface area contributed by atoms with Crippen LogP contribution in [-0.4, -0.2) is 25.5 Å². The van der Waals surface area contributed by atoms with Crippen LogP contribution in [0, 0.1) is 0 Å². The number of hydrogen-bond acceptors (Lipinski definition) is 4. The fraction of sp³-hybridized carbons (Fsp3) is 0.333. The van der Waals surface area contributed by atoms with E-state index in [0.717, 1.165) is 0 Å². The van der Waals surface area contributed by atoms with Crippen LogP contribution in [0.3, 0.4) is 0 Å². The number of carbonyl (C=O) groups is 1. The predicted octanol–water partition coefficient (Wildman–Crippen LogP) is 2.14. The number of nitrogens with zero attached hydrogens (tertiary/aromatic N) is 1. The molecule has 3 N–H and O–H groups in total. The second-order valence-electron chi connectivity index (χ2n) is 3.43. The van der Waals surface area contributed by atoms with Gasteiger partial charge >= 0.3 is 6.03 Å². The average molecular weight is 286 g/mol. The molecule has 0 aliphatic heterocycles. The Labute approximate surface area is 116 Å². The van der Waals surface area contributed by atoms with Crippen LogP contribution >= 0.6 is 11.6 Å². The van der Waals surface area contributed by atoms with Gasteiger partial charge in [0.1, 0.15) is 0 Å². The highest BCUT2D eigenvalue weighted by molar-refractivity contribution is 6.32. The van der Waals surface area contributed by atoms with E-state index in [4.69, 9.17) is 26.8 Å². The number of nitrogens with two attached hydrogens (primary N) is 1. The van der Waals surface area contributed by atoms with Crippen LogP contribution in [0.1, 0.15) is 19.4 Å². The van der Waals surface area contributed by atoms with Crippen molar-refractivity contribution in [2.45, 2.75) is 13.8 Å². The van der Waals surface area contributed by atoms with E-state index in [-0.39, 0.29) is 0 Å². The van der Waals surface area contributed by atoms with Crippen molar-refractivity contribution < 1.29 is 14.3 Å². The number of primary amides is 1. The van der Waals surface area contributed by atoms with Crippen molar-refractivity contribution in [1.82, 2.24) is 5.43 Å². The molecule has 1 rings (SSSR count). The lowest BCUT2D eigenvalue weighted by Gasteiger charge is -2.13. The van der Waals surface area contributed by atoms with Crippen LogP contribution < -0.4 is 20.6 Å². The molecule has 0 fully saturated rings. The van der Waals surface area contributed by atoms with Crippen LogP contribution in [0.25, 0.3) is 0 Å². The lowest BCUT2D eigenvalue weighted by atomic mass is 10.2. The van der Waals surface area contributed by atoms with E-state index in [2.05, 4.69) is 10.5 Å². The molecule has 7 heteroatoms. The fourth-order valence-electron chi connectivity index (χ4n) is 1.38. The van der Waals surface area contributed by atoms with E-state index >= 15 is 0 Å². The summed E-state index contributed by atoms with van der Waals surface area (Å²) in [5, 5.41) is 4.07. The molecule has 0 aromatic heterocycles. The highest BCUT2D eigenvalue weighted by atomic mass is 35.5. The SMILES string of the molecule is CCOc1cc(C=NNC(N)=O)cc(Cl)c1OCC. The van der Waals surface area contributed by atoms with Gasteiger partial charge in [0.2, 0.25) is 0 Å². The van der Waals surface area contributed by atoms with Gasteiger partial charge in [-0.2, -0.15) is 5.10 Å². The van der Waals surface area contributed by atoms with E-state index in [1.165, 1.54) is 6.21 Å². The highest BCUT2D eigenvalue weighted by Gasteiger charge is 2.11. The Balaban J connectivity index is 3.01. The first-order chi connectivity index (χ1) is 9.08. The second kappa shape index (κ2) is 7.48. The molecule has 0 heterocycles. The minimum Gasteiger partial charge on any atom is -0.490 e. The molecule has 2 amide bonds. The molecule has 0 saturated heterocycles. The second-order valence-corrected chi connectivity index (χ2v) is 3.84. The molecule has 0 radical (unpaired) electrons. The van der Waals surface area contributed by atoms with Crippen molar-refractivity contribution >= 4 is 23.8 Å². The van der Waals surface area contributed by atoms with Gasteiger partial charge in [0.05, 0.1) is 24.5 Å².